The number of hydrogen-bond donors (Lipinski definition) is 1. The first-order chi connectivity index (χ1) is 13.1. The zero-order valence-electron chi connectivity index (χ0n) is 15.3. The fourth-order valence-electron chi connectivity index (χ4n) is 2.82. The first-order valence-electron chi connectivity index (χ1n) is 8.68. The maximum atomic E-state index is 12.5. The summed E-state index contributed by atoms with van der Waals surface area (Å²) in [6, 6.07) is 10.2. The average molecular weight is 392 g/mol. The number of carbonyl (C=O) groups excluding carboxylic acids is 1. The molecular formula is C20H22ClNO5. The summed E-state index contributed by atoms with van der Waals surface area (Å²) in [5.74, 6) is 1.35. The van der Waals surface area contributed by atoms with Gasteiger partial charge in [0, 0.05) is 18.2 Å². The summed E-state index contributed by atoms with van der Waals surface area (Å²) >= 11 is 6.14. The maximum absolute atomic E-state index is 12.5. The van der Waals surface area contributed by atoms with Gasteiger partial charge in [0.15, 0.2) is 0 Å². The molecule has 2 aromatic carbocycles. The highest BCUT2D eigenvalue weighted by atomic mass is 35.5. The summed E-state index contributed by atoms with van der Waals surface area (Å²) in [6.07, 6.45) is 2.25. The van der Waals surface area contributed by atoms with Crippen molar-refractivity contribution in [3.8, 4) is 17.2 Å². The van der Waals surface area contributed by atoms with E-state index in [4.69, 9.17) is 30.5 Å². The van der Waals surface area contributed by atoms with Gasteiger partial charge in [0.25, 0.3) is 5.91 Å². The summed E-state index contributed by atoms with van der Waals surface area (Å²) in [7, 11) is 3.03. The number of rotatable bonds is 7. The van der Waals surface area contributed by atoms with Crippen LogP contribution in [0.4, 0.5) is 5.69 Å². The van der Waals surface area contributed by atoms with Crippen molar-refractivity contribution in [2.24, 2.45) is 0 Å². The summed E-state index contributed by atoms with van der Waals surface area (Å²) < 4.78 is 21.7. The maximum Gasteiger partial charge on any atom is 0.255 e. The molecule has 1 fully saturated rings. The quantitative estimate of drug-likeness (QED) is 0.767. The van der Waals surface area contributed by atoms with Crippen LogP contribution in [0, 0.1) is 0 Å². The van der Waals surface area contributed by atoms with Gasteiger partial charge in [-0.3, -0.25) is 4.79 Å². The fraction of sp³-hybridized carbons (Fsp3) is 0.350. The van der Waals surface area contributed by atoms with Crippen LogP contribution in [0.15, 0.2) is 36.4 Å². The van der Waals surface area contributed by atoms with E-state index >= 15 is 0 Å². The minimum Gasteiger partial charge on any atom is -0.495 e. The number of carbonyl (C=O) groups is 1. The largest absolute Gasteiger partial charge is 0.495 e. The molecule has 27 heavy (non-hydrogen) atoms. The molecule has 0 saturated carbocycles. The number of ether oxygens (including phenoxy) is 4. The van der Waals surface area contributed by atoms with E-state index in [0.717, 1.165) is 19.4 Å². The van der Waals surface area contributed by atoms with Crippen LogP contribution in [0.5, 0.6) is 17.2 Å². The molecule has 2 aromatic rings. The molecule has 0 aliphatic carbocycles. The van der Waals surface area contributed by atoms with Gasteiger partial charge in [-0.15, -0.1) is 0 Å². The summed E-state index contributed by atoms with van der Waals surface area (Å²) in [5, 5.41) is 3.18. The Kier molecular flexibility index (Phi) is 6.42. The molecule has 144 valence electrons. The van der Waals surface area contributed by atoms with Crippen molar-refractivity contribution in [2.75, 3.05) is 32.8 Å². The van der Waals surface area contributed by atoms with Gasteiger partial charge in [0.2, 0.25) is 0 Å². The molecule has 7 heteroatoms. The molecule has 1 atom stereocenters. The van der Waals surface area contributed by atoms with E-state index in [1.54, 1.807) is 36.4 Å². The number of nitrogens with one attached hydrogen (secondary N) is 1. The molecule has 6 nitrogen and oxygen atoms in total. The van der Waals surface area contributed by atoms with Gasteiger partial charge >= 0.3 is 0 Å². The Morgan fingerprint density at radius 1 is 1.19 bits per heavy atom. The molecule has 0 bridgehead atoms. The van der Waals surface area contributed by atoms with Crippen LogP contribution in [0.2, 0.25) is 5.02 Å². The Labute approximate surface area is 163 Å². The van der Waals surface area contributed by atoms with E-state index in [1.165, 1.54) is 14.2 Å². The lowest BCUT2D eigenvalue weighted by atomic mass is 10.2. The molecule has 0 spiro atoms. The first-order valence-corrected chi connectivity index (χ1v) is 9.06. The van der Waals surface area contributed by atoms with E-state index in [1.807, 2.05) is 0 Å². The molecule has 1 N–H and O–H groups in total. The number of anilines is 1. The van der Waals surface area contributed by atoms with Gasteiger partial charge in [-0.05, 0) is 43.2 Å². The van der Waals surface area contributed by atoms with E-state index in [2.05, 4.69) is 5.32 Å². The van der Waals surface area contributed by atoms with Crippen molar-refractivity contribution in [1.82, 2.24) is 0 Å². The predicted octanol–water partition coefficient (Wildman–Crippen LogP) is 4.17. The van der Waals surface area contributed by atoms with Gasteiger partial charge in [-0.25, -0.2) is 0 Å². The van der Waals surface area contributed by atoms with E-state index in [9.17, 15) is 4.79 Å². The monoisotopic (exact) mass is 391 g/mol. The molecule has 1 heterocycles. The van der Waals surface area contributed by atoms with E-state index < -0.39 is 0 Å². The fourth-order valence-corrected chi connectivity index (χ4v) is 3.06. The molecule has 1 saturated heterocycles. The van der Waals surface area contributed by atoms with Crippen LogP contribution < -0.4 is 19.5 Å². The van der Waals surface area contributed by atoms with Crippen LogP contribution >= 0.6 is 11.6 Å². The number of benzene rings is 2. The highest BCUT2D eigenvalue weighted by molar-refractivity contribution is 6.32. The van der Waals surface area contributed by atoms with Gasteiger partial charge in [0.1, 0.15) is 23.9 Å². The van der Waals surface area contributed by atoms with Crippen LogP contribution in [0.25, 0.3) is 0 Å². The minimum absolute atomic E-state index is 0.153. The number of halogens is 1. The average Bonchev–Trinajstić information content (AvgIpc) is 3.20. The first kappa shape index (κ1) is 19.3. The number of hydrogen-bond acceptors (Lipinski definition) is 5. The van der Waals surface area contributed by atoms with Crippen LogP contribution in [-0.2, 0) is 4.74 Å². The van der Waals surface area contributed by atoms with Gasteiger partial charge in [-0.2, -0.15) is 0 Å². The van der Waals surface area contributed by atoms with Crippen molar-refractivity contribution in [1.29, 1.82) is 0 Å². The molecule has 1 unspecified atom stereocenters. The van der Waals surface area contributed by atoms with E-state index in [-0.39, 0.29) is 12.0 Å². The lowest BCUT2D eigenvalue weighted by molar-refractivity contribution is 0.0679. The van der Waals surface area contributed by atoms with Gasteiger partial charge < -0.3 is 24.3 Å². The second-order valence-corrected chi connectivity index (χ2v) is 6.52. The summed E-state index contributed by atoms with van der Waals surface area (Å²) in [4.78, 5) is 12.5. The van der Waals surface area contributed by atoms with Crippen molar-refractivity contribution < 1.29 is 23.7 Å². The number of methoxy groups -OCH3 is 2. The SMILES string of the molecule is COc1cc(OC)c(NC(=O)c2ccc(OCC3CCCO3)cc2)cc1Cl. The second kappa shape index (κ2) is 8.97. The number of amides is 1. The Hall–Kier alpha value is -2.44. The van der Waals surface area contributed by atoms with E-state index in [0.29, 0.717) is 40.1 Å². The Balaban J connectivity index is 1.64. The minimum atomic E-state index is -0.278. The molecule has 1 aliphatic heterocycles. The molecule has 0 radical (unpaired) electrons. The third-order valence-electron chi connectivity index (χ3n) is 4.30. The Bertz CT molecular complexity index is 788. The van der Waals surface area contributed by atoms with Crippen molar-refractivity contribution >= 4 is 23.2 Å². The molecule has 1 aliphatic rings. The third kappa shape index (κ3) is 4.84. The van der Waals surface area contributed by atoms with Gasteiger partial charge in [-0.1, -0.05) is 11.6 Å². The van der Waals surface area contributed by atoms with Crippen molar-refractivity contribution in [3.63, 3.8) is 0 Å². The van der Waals surface area contributed by atoms with Crippen LogP contribution in [0.3, 0.4) is 0 Å². The highest BCUT2D eigenvalue weighted by Gasteiger charge is 2.16. The zero-order valence-corrected chi connectivity index (χ0v) is 16.0. The lowest BCUT2D eigenvalue weighted by Crippen LogP contribution is -2.16. The molecule has 0 aromatic heterocycles. The second-order valence-electron chi connectivity index (χ2n) is 6.11. The van der Waals surface area contributed by atoms with Crippen molar-refractivity contribution in [3.05, 3.63) is 47.0 Å². The third-order valence-corrected chi connectivity index (χ3v) is 4.59. The lowest BCUT2D eigenvalue weighted by Gasteiger charge is -2.14. The normalized spacial score (nSPS) is 16.0. The standard InChI is InChI=1S/C20H22ClNO5/c1-24-18-11-19(25-2)17(10-16(18)21)22-20(23)13-5-7-14(8-6-13)27-12-15-4-3-9-26-15/h5-8,10-11,15H,3-4,9,12H2,1-2H3,(H,22,23). The summed E-state index contributed by atoms with van der Waals surface area (Å²) in [5.41, 5.74) is 0.959. The zero-order chi connectivity index (χ0) is 19.2. The molecule has 3 rings (SSSR count). The van der Waals surface area contributed by atoms with Crippen LogP contribution in [-0.4, -0.2) is 39.4 Å². The van der Waals surface area contributed by atoms with Crippen LogP contribution in [0.1, 0.15) is 23.2 Å². The topological polar surface area (TPSA) is 66.0 Å². The predicted molar refractivity (Wildman–Crippen MR) is 103 cm³/mol. The summed E-state index contributed by atoms with van der Waals surface area (Å²) in [6.45, 7) is 1.32. The smallest absolute Gasteiger partial charge is 0.255 e. The Morgan fingerprint density at radius 3 is 2.56 bits per heavy atom. The van der Waals surface area contributed by atoms with Gasteiger partial charge in [0.05, 0.1) is 31.0 Å². The van der Waals surface area contributed by atoms with Crippen molar-refractivity contribution in [2.45, 2.75) is 18.9 Å². The highest BCUT2D eigenvalue weighted by Crippen LogP contribution is 2.36. The molecular weight excluding hydrogens is 370 g/mol. The molecule has 1 amide bonds. The Morgan fingerprint density at radius 2 is 1.93 bits per heavy atom.